The summed E-state index contributed by atoms with van der Waals surface area (Å²) in [5, 5.41) is 28.1. The van der Waals surface area contributed by atoms with Crippen molar-refractivity contribution in [1.29, 1.82) is 0 Å². The molecule has 0 aliphatic rings. The maximum atomic E-state index is 10.2. The Balaban J connectivity index is 0.000000385. The van der Waals surface area contributed by atoms with Crippen molar-refractivity contribution in [2.45, 2.75) is 0 Å². The van der Waals surface area contributed by atoms with Crippen LogP contribution in [0.2, 0.25) is 0 Å². The van der Waals surface area contributed by atoms with Crippen molar-refractivity contribution in [2.24, 2.45) is 5.73 Å². The van der Waals surface area contributed by atoms with Crippen molar-refractivity contribution >= 4 is 12.0 Å². The molecule has 88 valence electrons. The highest BCUT2D eigenvalue weighted by atomic mass is 16.4. The molecule has 0 unspecified atom stereocenters. The second-order valence-corrected chi connectivity index (χ2v) is 2.48. The third-order valence-corrected chi connectivity index (χ3v) is 1.30. The van der Waals surface area contributed by atoms with Gasteiger partial charge in [-0.2, -0.15) is 0 Å². The lowest BCUT2D eigenvalue weighted by Gasteiger charge is -1.96. The van der Waals surface area contributed by atoms with Gasteiger partial charge in [-0.1, -0.05) is 0 Å². The maximum Gasteiger partial charge on any atom is 0.358 e. The molecule has 1 heterocycles. The number of aromatic carboxylic acids is 1. The number of rotatable bonds is 1. The highest BCUT2D eigenvalue weighted by molar-refractivity contribution is 5.88. The zero-order valence-corrected chi connectivity index (χ0v) is 8.34. The van der Waals surface area contributed by atoms with E-state index in [1.807, 2.05) is 0 Å². The average molecular weight is 229 g/mol. The van der Waals surface area contributed by atoms with Gasteiger partial charge in [-0.3, -0.25) is 0 Å². The summed E-state index contributed by atoms with van der Waals surface area (Å²) in [6, 6.07) is 0.418. The first-order valence-electron chi connectivity index (χ1n) is 3.97. The number of primary amides is 1. The van der Waals surface area contributed by atoms with Gasteiger partial charge in [0.25, 0.3) is 0 Å². The van der Waals surface area contributed by atoms with E-state index in [1.54, 1.807) is 0 Å². The van der Waals surface area contributed by atoms with Crippen molar-refractivity contribution in [1.82, 2.24) is 10.3 Å². The van der Waals surface area contributed by atoms with Crippen LogP contribution >= 0.6 is 0 Å². The number of aromatic hydroxyl groups is 2. The minimum atomic E-state index is -1.33. The predicted molar refractivity (Wildman–Crippen MR) is 53.2 cm³/mol. The van der Waals surface area contributed by atoms with Crippen molar-refractivity contribution in [2.75, 3.05) is 7.05 Å². The van der Waals surface area contributed by atoms with Crippen LogP contribution in [0.5, 0.6) is 11.5 Å². The lowest BCUT2D eigenvalue weighted by atomic mass is 10.3. The number of carboxylic acids is 1. The van der Waals surface area contributed by atoms with Crippen molar-refractivity contribution < 1.29 is 24.9 Å². The molecule has 0 saturated carbocycles. The Morgan fingerprint density at radius 1 is 1.44 bits per heavy atom. The van der Waals surface area contributed by atoms with E-state index < -0.39 is 23.4 Å². The highest BCUT2D eigenvalue weighted by Gasteiger charge is 2.10. The molecular formula is C8H11N3O5. The van der Waals surface area contributed by atoms with Gasteiger partial charge in [-0.25, -0.2) is 14.6 Å². The third kappa shape index (κ3) is 4.65. The second kappa shape index (κ2) is 6.06. The van der Waals surface area contributed by atoms with E-state index in [0.29, 0.717) is 0 Å². The molecule has 1 rings (SSSR count). The molecule has 0 bridgehead atoms. The Morgan fingerprint density at radius 2 is 1.94 bits per heavy atom. The number of carbonyl (C=O) groups excluding carboxylic acids is 1. The fourth-order valence-electron chi connectivity index (χ4n) is 0.607. The minimum Gasteiger partial charge on any atom is -0.506 e. The van der Waals surface area contributed by atoms with Gasteiger partial charge >= 0.3 is 12.0 Å². The number of hydrogen-bond acceptors (Lipinski definition) is 5. The van der Waals surface area contributed by atoms with Crippen LogP contribution in [0.15, 0.2) is 12.3 Å². The van der Waals surface area contributed by atoms with E-state index in [-0.39, 0.29) is 5.75 Å². The number of carboxylic acid groups (broad SMARTS) is 1. The Labute approximate surface area is 90.3 Å². The van der Waals surface area contributed by atoms with E-state index in [0.717, 1.165) is 12.3 Å². The number of amides is 2. The lowest BCUT2D eigenvalue weighted by molar-refractivity contribution is 0.0687. The molecule has 6 N–H and O–H groups in total. The number of urea groups is 1. The summed E-state index contributed by atoms with van der Waals surface area (Å²) in [4.78, 5) is 23.0. The molecule has 0 radical (unpaired) electrons. The molecule has 0 atom stereocenters. The quantitative estimate of drug-likeness (QED) is 0.437. The first-order chi connectivity index (χ1) is 7.38. The van der Waals surface area contributed by atoms with Gasteiger partial charge in [0.1, 0.15) is 5.75 Å². The Hall–Kier alpha value is -2.51. The molecule has 1 aromatic heterocycles. The lowest BCUT2D eigenvalue weighted by Crippen LogP contribution is -2.24. The highest BCUT2D eigenvalue weighted by Crippen LogP contribution is 2.19. The summed E-state index contributed by atoms with van der Waals surface area (Å²) in [6.45, 7) is 0. The Bertz CT molecular complexity index is 393. The Kier molecular flexibility index (Phi) is 5.11. The molecule has 0 aliphatic heterocycles. The van der Waals surface area contributed by atoms with Crippen LogP contribution < -0.4 is 11.1 Å². The first-order valence-corrected chi connectivity index (χ1v) is 3.97. The molecule has 8 nitrogen and oxygen atoms in total. The normalized spacial score (nSPS) is 8.56. The number of pyridine rings is 1. The van der Waals surface area contributed by atoms with Crippen LogP contribution in [0.4, 0.5) is 4.79 Å². The van der Waals surface area contributed by atoms with Crippen LogP contribution in [0, 0.1) is 0 Å². The van der Waals surface area contributed by atoms with Gasteiger partial charge in [0, 0.05) is 13.1 Å². The van der Waals surface area contributed by atoms with Crippen LogP contribution in [0.3, 0.4) is 0 Å². The summed E-state index contributed by atoms with van der Waals surface area (Å²) >= 11 is 0. The fraction of sp³-hybridized carbons (Fsp3) is 0.125. The van der Waals surface area contributed by atoms with Crippen LogP contribution in [0.1, 0.15) is 10.5 Å². The van der Waals surface area contributed by atoms with Gasteiger partial charge in [-0.15, -0.1) is 0 Å². The molecule has 0 spiro atoms. The summed E-state index contributed by atoms with van der Waals surface area (Å²) < 4.78 is 0. The average Bonchev–Trinajstić information content (AvgIpc) is 2.17. The van der Waals surface area contributed by atoms with Crippen molar-refractivity contribution in [3.8, 4) is 11.5 Å². The van der Waals surface area contributed by atoms with Crippen LogP contribution in [-0.4, -0.2) is 39.4 Å². The number of nitrogens with two attached hydrogens (primary N) is 1. The first kappa shape index (κ1) is 13.5. The summed E-state index contributed by atoms with van der Waals surface area (Å²) in [6.07, 6.45) is 0.948. The molecule has 1 aromatic rings. The molecule has 0 aromatic carbocycles. The predicted octanol–water partition coefficient (Wildman–Crippen LogP) is -0.524. The molecular weight excluding hydrogens is 218 g/mol. The largest absolute Gasteiger partial charge is 0.506 e. The monoisotopic (exact) mass is 229 g/mol. The summed E-state index contributed by atoms with van der Waals surface area (Å²) in [7, 11) is 1.47. The fourth-order valence-corrected chi connectivity index (χ4v) is 0.607. The molecule has 0 aliphatic carbocycles. The van der Waals surface area contributed by atoms with Gasteiger partial charge in [0.2, 0.25) is 0 Å². The zero-order valence-electron chi connectivity index (χ0n) is 8.34. The maximum absolute atomic E-state index is 10.2. The molecule has 16 heavy (non-hydrogen) atoms. The second-order valence-electron chi connectivity index (χ2n) is 2.48. The van der Waals surface area contributed by atoms with E-state index >= 15 is 0 Å². The standard InChI is InChI=1S/C6H5NO4.C2H6N2O/c8-3-1-4(9)5(6(10)11)7-2-3;1-4-2(3)5/h1-2,8-9H,(H,10,11);1H3,(H3,3,4,5). The smallest absolute Gasteiger partial charge is 0.358 e. The number of hydrogen-bond donors (Lipinski definition) is 5. The molecule has 2 amide bonds. The van der Waals surface area contributed by atoms with Crippen molar-refractivity contribution in [3.05, 3.63) is 18.0 Å². The molecule has 0 fully saturated rings. The van der Waals surface area contributed by atoms with E-state index in [2.05, 4.69) is 16.0 Å². The minimum absolute atomic E-state index is 0.271. The molecule has 8 heteroatoms. The van der Waals surface area contributed by atoms with E-state index in [9.17, 15) is 9.59 Å². The van der Waals surface area contributed by atoms with Crippen LogP contribution in [0.25, 0.3) is 0 Å². The number of carbonyl (C=O) groups is 2. The van der Waals surface area contributed by atoms with Crippen LogP contribution in [-0.2, 0) is 0 Å². The Morgan fingerprint density at radius 3 is 2.25 bits per heavy atom. The van der Waals surface area contributed by atoms with Gasteiger partial charge in [0.05, 0.1) is 6.20 Å². The van der Waals surface area contributed by atoms with E-state index in [1.165, 1.54) is 7.05 Å². The number of nitrogens with zero attached hydrogens (tertiary/aromatic N) is 1. The number of nitrogens with one attached hydrogen (secondary N) is 1. The summed E-state index contributed by atoms with van der Waals surface area (Å²) in [5.74, 6) is -2.15. The van der Waals surface area contributed by atoms with Gasteiger partial charge < -0.3 is 26.4 Å². The molecule has 0 saturated heterocycles. The third-order valence-electron chi connectivity index (χ3n) is 1.30. The van der Waals surface area contributed by atoms with Gasteiger partial charge in [-0.05, 0) is 0 Å². The zero-order chi connectivity index (χ0) is 12.7. The topological polar surface area (TPSA) is 146 Å². The SMILES string of the molecule is CNC(N)=O.O=C(O)c1ncc(O)cc1O. The van der Waals surface area contributed by atoms with E-state index in [4.69, 9.17) is 15.3 Å². The van der Waals surface area contributed by atoms with Gasteiger partial charge in [0.15, 0.2) is 11.4 Å². The number of aromatic nitrogens is 1. The summed E-state index contributed by atoms with van der Waals surface area (Å²) in [5.41, 5.74) is 4.07. The van der Waals surface area contributed by atoms with Crippen molar-refractivity contribution in [3.63, 3.8) is 0 Å².